The van der Waals surface area contributed by atoms with Crippen LogP contribution in [-0.4, -0.2) is 9.50 Å². The molecule has 0 amide bonds. The van der Waals surface area contributed by atoms with E-state index >= 15 is 0 Å². The minimum atomic E-state index is 0.786. The zero-order chi connectivity index (χ0) is 14.4. The second-order valence-corrected chi connectivity index (χ2v) is 5.01. The van der Waals surface area contributed by atoms with Gasteiger partial charge in [-0.3, -0.25) is 0 Å². The second kappa shape index (κ2) is 7.04. The molecule has 0 atom stereocenters. The zero-order valence-electron chi connectivity index (χ0n) is 12.5. The molecule has 2 heterocycles. The summed E-state index contributed by atoms with van der Waals surface area (Å²) in [4.78, 5) is 4.53. The molecular weight excluding hydrogens is 246 g/mol. The number of imidazole rings is 1. The highest BCUT2D eigenvalue weighted by atomic mass is 15.4. The molecule has 0 fully saturated rings. The minimum absolute atomic E-state index is 0.786. The number of aromatic nitrogens is 3. The fraction of sp³-hybridized carbons (Fsp3) is 0.412. The van der Waals surface area contributed by atoms with Gasteiger partial charge in [-0.25, -0.2) is 4.98 Å². The van der Waals surface area contributed by atoms with Crippen molar-refractivity contribution < 1.29 is 4.68 Å². The highest BCUT2D eigenvalue weighted by molar-refractivity contribution is 5.74. The third-order valence-electron chi connectivity index (χ3n) is 3.61. The lowest BCUT2D eigenvalue weighted by Gasteiger charge is -2.08. The van der Waals surface area contributed by atoms with E-state index in [0.717, 1.165) is 18.6 Å². The molecule has 0 saturated heterocycles. The monoisotopic (exact) mass is 270 g/mol. The molecule has 0 spiro atoms. The lowest BCUT2D eigenvalue weighted by molar-refractivity contribution is -0.754. The summed E-state index contributed by atoms with van der Waals surface area (Å²) < 4.78 is 4.21. The molecule has 2 rings (SSSR count). The van der Waals surface area contributed by atoms with Gasteiger partial charge in [0.2, 0.25) is 5.65 Å². The predicted octanol–water partition coefficient (Wildman–Crippen LogP) is 3.79. The third kappa shape index (κ3) is 2.98. The molecule has 0 bridgehead atoms. The van der Waals surface area contributed by atoms with Crippen LogP contribution in [-0.2, 0) is 6.54 Å². The molecule has 0 radical (unpaired) electrons. The van der Waals surface area contributed by atoms with E-state index in [0.29, 0.717) is 0 Å². The third-order valence-corrected chi connectivity index (χ3v) is 3.61. The first kappa shape index (κ1) is 14.5. The van der Waals surface area contributed by atoms with Crippen molar-refractivity contribution in [3.63, 3.8) is 0 Å². The summed E-state index contributed by atoms with van der Waals surface area (Å²) in [5.74, 6) is 0. The van der Waals surface area contributed by atoms with Gasteiger partial charge >= 0.3 is 0 Å². The number of hydrogen-bond donors (Lipinski definition) is 0. The van der Waals surface area contributed by atoms with Gasteiger partial charge in [-0.05, 0) is 31.4 Å². The van der Waals surface area contributed by atoms with Crippen LogP contribution in [0.25, 0.3) is 11.2 Å². The minimum Gasteiger partial charge on any atom is -0.232 e. The summed E-state index contributed by atoms with van der Waals surface area (Å²) in [6, 6.07) is 2.17. The zero-order valence-corrected chi connectivity index (χ0v) is 12.5. The molecule has 3 nitrogen and oxygen atoms in total. The van der Waals surface area contributed by atoms with Gasteiger partial charge < -0.3 is 0 Å². The smallest absolute Gasteiger partial charge is 0.200 e. The Morgan fingerprint density at radius 3 is 3.00 bits per heavy atom. The molecule has 0 aliphatic carbocycles. The fourth-order valence-electron chi connectivity index (χ4n) is 2.54. The van der Waals surface area contributed by atoms with Crippen LogP contribution < -0.4 is 4.68 Å². The standard InChI is InChI=1S/C17H24N3/c1-4-7-8-9-15(6-3)16-10-13-19(12-5-2)20-14-11-18-17(16)20/h5-6,10-11,13-14H,2,4,7-9,12H2,1,3H3/q+1/b15-6+. The number of rotatable bonds is 7. The Morgan fingerprint density at radius 2 is 2.30 bits per heavy atom. The van der Waals surface area contributed by atoms with Crippen LogP contribution >= 0.6 is 0 Å². The van der Waals surface area contributed by atoms with Crippen LogP contribution in [0.3, 0.4) is 0 Å². The molecule has 3 heteroatoms. The van der Waals surface area contributed by atoms with Gasteiger partial charge in [-0.1, -0.05) is 32.4 Å². The van der Waals surface area contributed by atoms with Crippen molar-refractivity contribution in [3.05, 3.63) is 49.0 Å². The maximum Gasteiger partial charge on any atom is 0.200 e. The quantitative estimate of drug-likeness (QED) is 0.426. The highest BCUT2D eigenvalue weighted by Gasteiger charge is 2.13. The molecule has 2 aromatic rings. The normalized spacial score (nSPS) is 12.0. The molecule has 20 heavy (non-hydrogen) atoms. The maximum absolute atomic E-state index is 4.53. The molecule has 0 aliphatic rings. The van der Waals surface area contributed by atoms with E-state index in [-0.39, 0.29) is 0 Å². The topological polar surface area (TPSA) is 21.2 Å². The van der Waals surface area contributed by atoms with Crippen molar-refractivity contribution in [2.45, 2.75) is 46.1 Å². The van der Waals surface area contributed by atoms with Gasteiger partial charge in [-0.2, -0.15) is 0 Å². The average Bonchev–Trinajstić information content (AvgIpc) is 2.95. The van der Waals surface area contributed by atoms with E-state index < -0.39 is 0 Å². The van der Waals surface area contributed by atoms with Crippen LogP contribution in [0.15, 0.2) is 43.4 Å². The summed E-state index contributed by atoms with van der Waals surface area (Å²) in [6.45, 7) is 8.95. The summed E-state index contributed by atoms with van der Waals surface area (Å²) in [7, 11) is 0. The molecule has 106 valence electrons. The number of unbranched alkanes of at least 4 members (excludes halogenated alkanes) is 2. The van der Waals surface area contributed by atoms with E-state index in [2.05, 4.69) is 52.9 Å². The summed E-state index contributed by atoms with van der Waals surface area (Å²) in [5, 5.41) is 0. The van der Waals surface area contributed by atoms with Crippen molar-refractivity contribution in [2.24, 2.45) is 0 Å². The summed E-state index contributed by atoms with van der Waals surface area (Å²) in [6.07, 6.45) is 15.0. The number of nitrogens with zero attached hydrogens (tertiary/aromatic N) is 3. The van der Waals surface area contributed by atoms with Crippen molar-refractivity contribution in [1.82, 2.24) is 9.50 Å². The van der Waals surface area contributed by atoms with Gasteiger partial charge in [0.05, 0.1) is 12.4 Å². The Kier molecular flexibility index (Phi) is 5.10. The van der Waals surface area contributed by atoms with Crippen LogP contribution in [0.2, 0.25) is 0 Å². The fourth-order valence-corrected chi connectivity index (χ4v) is 2.54. The van der Waals surface area contributed by atoms with Crippen molar-refractivity contribution in [2.75, 3.05) is 0 Å². The molecule has 0 unspecified atom stereocenters. The second-order valence-electron chi connectivity index (χ2n) is 5.01. The SMILES string of the molecule is C=CC[n+]1ccc(/C(=C/C)CCCCC)c2nccn21. The van der Waals surface area contributed by atoms with Crippen LogP contribution in [0.5, 0.6) is 0 Å². The molecular formula is C17H24N3+. The van der Waals surface area contributed by atoms with E-state index in [4.69, 9.17) is 0 Å². The maximum atomic E-state index is 4.53. The van der Waals surface area contributed by atoms with Gasteiger partial charge in [0.15, 0.2) is 12.7 Å². The lowest BCUT2D eigenvalue weighted by atomic mass is 10.0. The number of allylic oxidation sites excluding steroid dienone is 3. The lowest BCUT2D eigenvalue weighted by Crippen LogP contribution is -2.40. The van der Waals surface area contributed by atoms with Gasteiger partial charge in [-0.15, -0.1) is 9.20 Å². The van der Waals surface area contributed by atoms with E-state index in [1.54, 1.807) is 0 Å². The summed E-state index contributed by atoms with van der Waals surface area (Å²) >= 11 is 0. The Hall–Kier alpha value is -1.90. The Balaban J connectivity index is 2.36. The Labute approximate surface area is 121 Å². The van der Waals surface area contributed by atoms with Crippen molar-refractivity contribution in [1.29, 1.82) is 0 Å². The molecule has 0 saturated carbocycles. The predicted molar refractivity (Wildman–Crippen MR) is 83.4 cm³/mol. The molecule has 2 aromatic heterocycles. The average molecular weight is 270 g/mol. The van der Waals surface area contributed by atoms with Crippen LogP contribution in [0.4, 0.5) is 0 Å². The number of hydrogen-bond acceptors (Lipinski definition) is 1. The highest BCUT2D eigenvalue weighted by Crippen LogP contribution is 2.23. The first-order valence-corrected chi connectivity index (χ1v) is 7.44. The van der Waals surface area contributed by atoms with Crippen molar-refractivity contribution in [3.8, 4) is 0 Å². The Bertz CT molecular complexity index is 608. The first-order chi connectivity index (χ1) is 9.81. The van der Waals surface area contributed by atoms with Crippen LogP contribution in [0, 0.1) is 0 Å². The van der Waals surface area contributed by atoms with Crippen LogP contribution in [0.1, 0.15) is 45.1 Å². The molecule has 0 aliphatic heterocycles. The first-order valence-electron chi connectivity index (χ1n) is 7.44. The van der Waals surface area contributed by atoms with Gasteiger partial charge in [0, 0.05) is 11.6 Å². The Morgan fingerprint density at radius 1 is 1.45 bits per heavy atom. The van der Waals surface area contributed by atoms with Gasteiger partial charge in [0.25, 0.3) is 0 Å². The molecule has 0 N–H and O–H groups in total. The largest absolute Gasteiger partial charge is 0.232 e. The number of fused-ring (bicyclic) bond motifs is 1. The molecule has 0 aromatic carbocycles. The van der Waals surface area contributed by atoms with Crippen molar-refractivity contribution >= 4 is 11.2 Å². The van der Waals surface area contributed by atoms with E-state index in [1.165, 1.54) is 30.4 Å². The summed E-state index contributed by atoms with van der Waals surface area (Å²) in [5.41, 5.74) is 3.66. The van der Waals surface area contributed by atoms with Gasteiger partial charge in [0.1, 0.15) is 0 Å². The van der Waals surface area contributed by atoms with E-state index in [1.807, 2.05) is 18.5 Å². The van der Waals surface area contributed by atoms with E-state index in [9.17, 15) is 0 Å².